The van der Waals surface area contributed by atoms with Crippen molar-refractivity contribution in [1.82, 2.24) is 4.98 Å². The molecule has 2 aromatic rings. The zero-order valence-electron chi connectivity index (χ0n) is 9.26. The molecular formula is C13H13N3O. The number of nitrogens with zero attached hydrogens (tertiary/aromatic N) is 1. The molecule has 17 heavy (non-hydrogen) atoms. The van der Waals surface area contributed by atoms with Gasteiger partial charge in [-0.2, -0.15) is 0 Å². The highest BCUT2D eigenvalue weighted by Gasteiger charge is 2.23. The van der Waals surface area contributed by atoms with E-state index in [0.29, 0.717) is 12.4 Å². The fourth-order valence-corrected chi connectivity index (χ4v) is 2.02. The number of para-hydroxylation sites is 1. The summed E-state index contributed by atoms with van der Waals surface area (Å²) in [7, 11) is 0. The summed E-state index contributed by atoms with van der Waals surface area (Å²) in [6.45, 7) is 0.640. The number of hydrogen-bond acceptors (Lipinski definition) is 4. The Labute approximate surface area is 99.4 Å². The van der Waals surface area contributed by atoms with Crippen LogP contribution in [0.15, 0.2) is 42.6 Å². The van der Waals surface area contributed by atoms with Crippen molar-refractivity contribution >= 4 is 11.5 Å². The second-order valence-electron chi connectivity index (χ2n) is 4.02. The fourth-order valence-electron chi connectivity index (χ4n) is 2.02. The summed E-state index contributed by atoms with van der Waals surface area (Å²) in [5, 5.41) is 3.39. The highest BCUT2D eigenvalue weighted by atomic mass is 16.5. The maximum absolute atomic E-state index is 5.65. The maximum atomic E-state index is 5.65. The predicted octanol–water partition coefficient (Wildman–Crippen LogP) is 2.21. The molecule has 0 amide bonds. The van der Waals surface area contributed by atoms with Crippen molar-refractivity contribution in [2.24, 2.45) is 0 Å². The molecule has 1 atom stereocenters. The van der Waals surface area contributed by atoms with Gasteiger partial charge >= 0.3 is 0 Å². The molecule has 4 heteroatoms. The second kappa shape index (κ2) is 3.97. The third-order valence-electron chi connectivity index (χ3n) is 2.82. The normalized spacial score (nSPS) is 17.3. The standard InChI is InChI=1S/C13H13N3O/c14-13-7-9(5-6-15-13)16-11-8-17-12-4-2-1-3-10(11)12/h1-7,11H,8H2,(H3,14,15,16). The molecule has 1 aliphatic heterocycles. The Balaban J connectivity index is 1.84. The molecule has 1 aromatic heterocycles. The molecule has 0 saturated heterocycles. The Hall–Kier alpha value is -2.23. The molecule has 0 bridgehead atoms. The minimum absolute atomic E-state index is 0.174. The third kappa shape index (κ3) is 1.89. The van der Waals surface area contributed by atoms with Gasteiger partial charge in [0, 0.05) is 23.5 Å². The van der Waals surface area contributed by atoms with E-state index in [1.807, 2.05) is 30.3 Å². The second-order valence-corrected chi connectivity index (χ2v) is 4.02. The number of fused-ring (bicyclic) bond motifs is 1. The summed E-state index contributed by atoms with van der Waals surface area (Å²) >= 11 is 0. The minimum Gasteiger partial charge on any atom is -0.491 e. The maximum Gasteiger partial charge on any atom is 0.125 e. The van der Waals surface area contributed by atoms with Gasteiger partial charge in [-0.05, 0) is 12.1 Å². The largest absolute Gasteiger partial charge is 0.491 e. The summed E-state index contributed by atoms with van der Waals surface area (Å²) in [5.41, 5.74) is 7.79. The summed E-state index contributed by atoms with van der Waals surface area (Å²) in [6, 6.07) is 11.9. The van der Waals surface area contributed by atoms with Gasteiger partial charge in [-0.3, -0.25) is 0 Å². The molecule has 0 fully saturated rings. The lowest BCUT2D eigenvalue weighted by Crippen LogP contribution is -2.12. The third-order valence-corrected chi connectivity index (χ3v) is 2.82. The Bertz CT molecular complexity index is 542. The lowest BCUT2D eigenvalue weighted by Gasteiger charge is -2.13. The van der Waals surface area contributed by atoms with Gasteiger partial charge in [-0.25, -0.2) is 4.98 Å². The Kier molecular flexibility index (Phi) is 2.33. The summed E-state index contributed by atoms with van der Waals surface area (Å²) in [4.78, 5) is 3.97. The first-order valence-electron chi connectivity index (χ1n) is 5.53. The Morgan fingerprint density at radius 3 is 3.06 bits per heavy atom. The number of ether oxygens (including phenoxy) is 1. The van der Waals surface area contributed by atoms with Crippen LogP contribution in [0.3, 0.4) is 0 Å². The number of aromatic nitrogens is 1. The first kappa shape index (κ1) is 9.96. The Morgan fingerprint density at radius 2 is 2.18 bits per heavy atom. The smallest absolute Gasteiger partial charge is 0.125 e. The van der Waals surface area contributed by atoms with Gasteiger partial charge in [-0.1, -0.05) is 18.2 Å². The van der Waals surface area contributed by atoms with E-state index in [1.165, 1.54) is 5.56 Å². The van der Waals surface area contributed by atoms with E-state index >= 15 is 0 Å². The van der Waals surface area contributed by atoms with Gasteiger partial charge in [0.15, 0.2) is 0 Å². The van der Waals surface area contributed by atoms with Gasteiger partial charge < -0.3 is 15.8 Å². The zero-order valence-corrected chi connectivity index (χ0v) is 9.26. The molecule has 0 radical (unpaired) electrons. The SMILES string of the molecule is Nc1cc(NC2COc3ccccc32)ccn1. The van der Waals surface area contributed by atoms with Crippen LogP contribution in [-0.2, 0) is 0 Å². The van der Waals surface area contributed by atoms with Crippen LogP contribution in [0.2, 0.25) is 0 Å². The summed E-state index contributed by atoms with van der Waals surface area (Å²) in [5.74, 6) is 1.47. The van der Waals surface area contributed by atoms with E-state index in [1.54, 1.807) is 6.20 Å². The number of benzene rings is 1. The van der Waals surface area contributed by atoms with Crippen LogP contribution in [0.1, 0.15) is 11.6 Å². The molecule has 1 aliphatic rings. The fraction of sp³-hybridized carbons (Fsp3) is 0.154. The number of hydrogen-bond donors (Lipinski definition) is 2. The molecule has 0 saturated carbocycles. The lowest BCUT2D eigenvalue weighted by atomic mass is 10.1. The molecule has 0 spiro atoms. The molecule has 3 N–H and O–H groups in total. The molecule has 1 unspecified atom stereocenters. The quantitative estimate of drug-likeness (QED) is 0.825. The van der Waals surface area contributed by atoms with Crippen LogP contribution in [0.25, 0.3) is 0 Å². The number of nitrogens with two attached hydrogens (primary N) is 1. The van der Waals surface area contributed by atoms with Gasteiger partial charge in [-0.15, -0.1) is 0 Å². The first-order valence-corrected chi connectivity index (χ1v) is 5.53. The van der Waals surface area contributed by atoms with Crippen LogP contribution in [0.5, 0.6) is 5.75 Å². The highest BCUT2D eigenvalue weighted by Crippen LogP contribution is 2.33. The molecule has 86 valence electrons. The molecule has 4 nitrogen and oxygen atoms in total. The van der Waals surface area contributed by atoms with E-state index in [-0.39, 0.29) is 6.04 Å². The van der Waals surface area contributed by atoms with Crippen molar-refractivity contribution in [3.63, 3.8) is 0 Å². The number of pyridine rings is 1. The topological polar surface area (TPSA) is 60.2 Å². The summed E-state index contributed by atoms with van der Waals surface area (Å²) in [6.07, 6.45) is 1.69. The summed E-state index contributed by atoms with van der Waals surface area (Å²) < 4.78 is 5.60. The molecule has 2 heterocycles. The minimum atomic E-state index is 0.174. The lowest BCUT2D eigenvalue weighted by molar-refractivity contribution is 0.340. The average Bonchev–Trinajstić information content (AvgIpc) is 2.73. The van der Waals surface area contributed by atoms with Gasteiger partial charge in [0.05, 0.1) is 6.04 Å². The van der Waals surface area contributed by atoms with Crippen molar-refractivity contribution in [3.8, 4) is 5.75 Å². The first-order chi connectivity index (χ1) is 8.33. The monoisotopic (exact) mass is 227 g/mol. The predicted molar refractivity (Wildman–Crippen MR) is 67.0 cm³/mol. The Morgan fingerprint density at radius 1 is 1.29 bits per heavy atom. The van der Waals surface area contributed by atoms with Gasteiger partial charge in [0.25, 0.3) is 0 Å². The number of nitrogen functional groups attached to an aromatic ring is 1. The van der Waals surface area contributed by atoms with Crippen LogP contribution < -0.4 is 15.8 Å². The highest BCUT2D eigenvalue weighted by molar-refractivity contribution is 5.53. The van der Waals surface area contributed by atoms with E-state index in [9.17, 15) is 0 Å². The molecule has 3 rings (SSSR count). The molecule has 1 aromatic carbocycles. The van der Waals surface area contributed by atoms with Crippen LogP contribution in [0.4, 0.5) is 11.5 Å². The van der Waals surface area contributed by atoms with Crippen LogP contribution >= 0.6 is 0 Å². The number of nitrogens with one attached hydrogen (secondary N) is 1. The van der Waals surface area contributed by atoms with Gasteiger partial charge in [0.2, 0.25) is 0 Å². The van der Waals surface area contributed by atoms with E-state index in [0.717, 1.165) is 11.4 Å². The molecular weight excluding hydrogens is 214 g/mol. The van der Waals surface area contributed by atoms with E-state index in [4.69, 9.17) is 10.5 Å². The van der Waals surface area contributed by atoms with Crippen molar-refractivity contribution in [2.75, 3.05) is 17.7 Å². The van der Waals surface area contributed by atoms with Gasteiger partial charge in [0.1, 0.15) is 18.2 Å². The van der Waals surface area contributed by atoms with Crippen LogP contribution in [0, 0.1) is 0 Å². The van der Waals surface area contributed by atoms with Crippen LogP contribution in [-0.4, -0.2) is 11.6 Å². The van der Waals surface area contributed by atoms with Crippen molar-refractivity contribution in [3.05, 3.63) is 48.2 Å². The molecule has 0 aliphatic carbocycles. The van der Waals surface area contributed by atoms with E-state index in [2.05, 4.69) is 16.4 Å². The number of anilines is 2. The van der Waals surface area contributed by atoms with Crippen molar-refractivity contribution in [1.29, 1.82) is 0 Å². The van der Waals surface area contributed by atoms with E-state index < -0.39 is 0 Å². The average molecular weight is 227 g/mol. The zero-order chi connectivity index (χ0) is 11.7. The van der Waals surface area contributed by atoms with Crippen molar-refractivity contribution < 1.29 is 4.74 Å². The van der Waals surface area contributed by atoms with Crippen molar-refractivity contribution in [2.45, 2.75) is 6.04 Å². The number of rotatable bonds is 2.